The molecule has 0 spiro atoms. The molecule has 4 rings (SSSR count). The lowest BCUT2D eigenvalue weighted by Gasteiger charge is -2.26. The number of para-hydroxylation sites is 1. The van der Waals surface area contributed by atoms with Crippen LogP contribution in [-0.2, 0) is 4.79 Å². The molecule has 0 fully saturated rings. The van der Waals surface area contributed by atoms with Crippen LogP contribution >= 0.6 is 0 Å². The Balaban J connectivity index is 1.77. The molecule has 0 saturated carbocycles. The van der Waals surface area contributed by atoms with Crippen molar-refractivity contribution in [3.05, 3.63) is 77.3 Å². The number of carbonyl (C=O) groups excluding carboxylic acids is 2. The fourth-order valence-electron chi connectivity index (χ4n) is 3.84. The summed E-state index contributed by atoms with van der Waals surface area (Å²) in [5.41, 5.74) is 1.34. The van der Waals surface area contributed by atoms with Gasteiger partial charge in [0, 0.05) is 11.9 Å². The maximum Gasteiger partial charge on any atom is 0.290 e. The molecular weight excluding hydrogens is 382 g/mol. The van der Waals surface area contributed by atoms with Gasteiger partial charge in [-0.05, 0) is 43.2 Å². The molecular formula is C24H23NO5. The van der Waals surface area contributed by atoms with E-state index in [4.69, 9.17) is 9.15 Å². The minimum absolute atomic E-state index is 0.0386. The maximum atomic E-state index is 13.4. The second kappa shape index (κ2) is 8.06. The Bertz CT molecular complexity index is 1090. The van der Waals surface area contributed by atoms with E-state index in [-0.39, 0.29) is 11.3 Å². The van der Waals surface area contributed by atoms with Crippen molar-refractivity contribution in [3.8, 4) is 5.75 Å². The number of ketones is 1. The van der Waals surface area contributed by atoms with Gasteiger partial charge in [-0.2, -0.15) is 0 Å². The normalized spacial score (nSPS) is 16.5. The summed E-state index contributed by atoms with van der Waals surface area (Å²) in [4.78, 5) is 27.7. The Hall–Kier alpha value is -3.54. The first-order valence-corrected chi connectivity index (χ1v) is 10.0. The van der Waals surface area contributed by atoms with Crippen molar-refractivity contribution < 1.29 is 23.8 Å². The standard InChI is InChI=1S/C24H23NO5/c1-3-13-25-21(15-9-11-17(12-10-15)29-4-2)20(23(27)24(25)28)22(26)19-14-16-7-5-6-8-18(16)30-19/h5-12,14,21,27H,3-4,13H2,1-2H3. The van der Waals surface area contributed by atoms with Gasteiger partial charge in [0.05, 0.1) is 18.2 Å². The molecule has 1 aromatic heterocycles. The number of Topliss-reactive ketones (excluding diaryl/α,β-unsaturated/α-hetero) is 1. The third kappa shape index (κ3) is 3.34. The Morgan fingerprint density at radius 2 is 1.87 bits per heavy atom. The lowest BCUT2D eigenvalue weighted by atomic mass is 9.95. The third-order valence-electron chi connectivity index (χ3n) is 5.17. The number of furan rings is 1. The Labute approximate surface area is 174 Å². The Morgan fingerprint density at radius 1 is 1.13 bits per heavy atom. The van der Waals surface area contributed by atoms with E-state index in [2.05, 4.69) is 0 Å². The van der Waals surface area contributed by atoms with E-state index in [1.54, 1.807) is 24.3 Å². The number of carbonyl (C=O) groups is 2. The van der Waals surface area contributed by atoms with Crippen molar-refractivity contribution >= 4 is 22.7 Å². The van der Waals surface area contributed by atoms with Gasteiger partial charge in [-0.15, -0.1) is 0 Å². The van der Waals surface area contributed by atoms with Crippen LogP contribution in [0.2, 0.25) is 0 Å². The van der Waals surface area contributed by atoms with Crippen molar-refractivity contribution in [2.45, 2.75) is 26.3 Å². The van der Waals surface area contributed by atoms with Crippen LogP contribution in [0.25, 0.3) is 11.0 Å². The Kier molecular flexibility index (Phi) is 5.31. The number of aliphatic hydroxyl groups is 1. The van der Waals surface area contributed by atoms with E-state index in [0.717, 1.165) is 10.9 Å². The summed E-state index contributed by atoms with van der Waals surface area (Å²) >= 11 is 0. The molecule has 0 saturated heterocycles. The molecule has 6 heteroatoms. The van der Waals surface area contributed by atoms with E-state index in [1.807, 2.05) is 44.2 Å². The predicted octanol–water partition coefficient (Wildman–Crippen LogP) is 4.82. The fraction of sp³-hybridized carbons (Fsp3) is 0.250. The van der Waals surface area contributed by atoms with Crippen molar-refractivity contribution in [2.24, 2.45) is 0 Å². The van der Waals surface area contributed by atoms with Gasteiger partial charge in [-0.1, -0.05) is 37.3 Å². The number of benzene rings is 2. The van der Waals surface area contributed by atoms with Gasteiger partial charge in [-0.3, -0.25) is 9.59 Å². The maximum absolute atomic E-state index is 13.4. The molecule has 1 unspecified atom stereocenters. The van der Waals surface area contributed by atoms with E-state index < -0.39 is 23.5 Å². The average molecular weight is 405 g/mol. The number of amides is 1. The molecule has 1 aliphatic rings. The molecule has 1 N–H and O–H groups in total. The number of aliphatic hydroxyl groups excluding tert-OH is 1. The van der Waals surface area contributed by atoms with Gasteiger partial charge in [0.1, 0.15) is 11.3 Å². The summed E-state index contributed by atoms with van der Waals surface area (Å²) in [7, 11) is 0. The van der Waals surface area contributed by atoms with Crippen LogP contribution in [0.15, 0.2) is 70.3 Å². The van der Waals surface area contributed by atoms with Crippen LogP contribution in [0.5, 0.6) is 5.75 Å². The summed E-state index contributed by atoms with van der Waals surface area (Å²) in [5, 5.41) is 11.4. The number of fused-ring (bicyclic) bond motifs is 1. The number of hydrogen-bond donors (Lipinski definition) is 1. The van der Waals surface area contributed by atoms with Crippen molar-refractivity contribution in [3.63, 3.8) is 0 Å². The summed E-state index contributed by atoms with van der Waals surface area (Å²) in [6.45, 7) is 4.80. The molecule has 0 aliphatic carbocycles. The van der Waals surface area contributed by atoms with Gasteiger partial charge in [0.25, 0.3) is 5.91 Å². The van der Waals surface area contributed by atoms with Crippen LogP contribution in [0, 0.1) is 0 Å². The first-order valence-electron chi connectivity index (χ1n) is 10.0. The zero-order chi connectivity index (χ0) is 21.3. The zero-order valence-electron chi connectivity index (χ0n) is 16.9. The second-order valence-corrected chi connectivity index (χ2v) is 7.14. The highest BCUT2D eigenvalue weighted by Crippen LogP contribution is 2.40. The van der Waals surface area contributed by atoms with Crippen LogP contribution in [0.3, 0.4) is 0 Å². The summed E-state index contributed by atoms with van der Waals surface area (Å²) in [5.74, 6) is -0.761. The lowest BCUT2D eigenvalue weighted by molar-refractivity contribution is -0.129. The van der Waals surface area contributed by atoms with Gasteiger partial charge in [0.15, 0.2) is 11.5 Å². The smallest absolute Gasteiger partial charge is 0.290 e. The number of ether oxygens (including phenoxy) is 1. The highest BCUT2D eigenvalue weighted by atomic mass is 16.5. The van der Waals surface area contributed by atoms with Crippen LogP contribution in [0.4, 0.5) is 0 Å². The van der Waals surface area contributed by atoms with Crippen LogP contribution in [0.1, 0.15) is 42.4 Å². The molecule has 3 aromatic rings. The van der Waals surface area contributed by atoms with E-state index >= 15 is 0 Å². The summed E-state index contributed by atoms with van der Waals surface area (Å²) in [6, 6.07) is 15.5. The third-order valence-corrected chi connectivity index (χ3v) is 5.17. The molecule has 0 radical (unpaired) electrons. The van der Waals surface area contributed by atoms with E-state index in [9.17, 15) is 14.7 Å². The first-order chi connectivity index (χ1) is 14.5. The predicted molar refractivity (Wildman–Crippen MR) is 113 cm³/mol. The van der Waals surface area contributed by atoms with Gasteiger partial charge >= 0.3 is 0 Å². The molecule has 30 heavy (non-hydrogen) atoms. The fourth-order valence-corrected chi connectivity index (χ4v) is 3.84. The molecule has 2 aromatic carbocycles. The summed E-state index contributed by atoms with van der Waals surface area (Å²) in [6.07, 6.45) is 0.693. The van der Waals surface area contributed by atoms with Gasteiger partial charge in [-0.25, -0.2) is 0 Å². The molecule has 6 nitrogen and oxygen atoms in total. The number of rotatable bonds is 7. The largest absolute Gasteiger partial charge is 0.503 e. The average Bonchev–Trinajstić information content (AvgIpc) is 3.29. The molecule has 0 bridgehead atoms. The number of nitrogens with zero attached hydrogens (tertiary/aromatic N) is 1. The molecule has 1 aliphatic heterocycles. The highest BCUT2D eigenvalue weighted by molar-refractivity contribution is 6.16. The molecule has 2 heterocycles. The minimum Gasteiger partial charge on any atom is -0.503 e. The first kappa shape index (κ1) is 19.8. The van der Waals surface area contributed by atoms with Crippen LogP contribution in [-0.4, -0.2) is 34.8 Å². The SMILES string of the molecule is CCCN1C(=O)C(O)=C(C(=O)c2cc3ccccc3o2)C1c1ccc(OCC)cc1. The second-order valence-electron chi connectivity index (χ2n) is 7.14. The zero-order valence-corrected chi connectivity index (χ0v) is 16.9. The van der Waals surface area contributed by atoms with Crippen molar-refractivity contribution in [1.29, 1.82) is 0 Å². The molecule has 154 valence electrons. The van der Waals surface area contributed by atoms with Crippen molar-refractivity contribution in [2.75, 3.05) is 13.2 Å². The van der Waals surface area contributed by atoms with Crippen LogP contribution < -0.4 is 4.74 Å². The minimum atomic E-state index is -0.686. The van der Waals surface area contributed by atoms with E-state index in [1.165, 1.54) is 4.90 Å². The topological polar surface area (TPSA) is 80.0 Å². The highest BCUT2D eigenvalue weighted by Gasteiger charge is 2.44. The monoisotopic (exact) mass is 405 g/mol. The quantitative estimate of drug-likeness (QED) is 0.570. The molecule has 1 atom stereocenters. The van der Waals surface area contributed by atoms with E-state index in [0.29, 0.717) is 30.9 Å². The summed E-state index contributed by atoms with van der Waals surface area (Å²) < 4.78 is 11.2. The van der Waals surface area contributed by atoms with Crippen molar-refractivity contribution in [1.82, 2.24) is 4.90 Å². The lowest BCUT2D eigenvalue weighted by Crippen LogP contribution is -2.31. The van der Waals surface area contributed by atoms with Gasteiger partial charge in [0.2, 0.25) is 5.78 Å². The Morgan fingerprint density at radius 3 is 2.53 bits per heavy atom. The number of hydrogen-bond acceptors (Lipinski definition) is 5. The van der Waals surface area contributed by atoms with Gasteiger partial charge < -0.3 is 19.2 Å². The molecule has 1 amide bonds.